The maximum atomic E-state index is 12.1. The van der Waals surface area contributed by atoms with E-state index in [-0.39, 0.29) is 22.7 Å². The molecule has 0 spiro atoms. The van der Waals surface area contributed by atoms with Crippen molar-refractivity contribution in [2.45, 2.75) is 6.18 Å². The van der Waals surface area contributed by atoms with Crippen LogP contribution >= 0.6 is 0 Å². The Morgan fingerprint density at radius 1 is 1.36 bits per heavy atom. The van der Waals surface area contributed by atoms with Gasteiger partial charge in [0.05, 0.1) is 6.20 Å². The van der Waals surface area contributed by atoms with Crippen molar-refractivity contribution >= 4 is 11.7 Å². The third-order valence-electron chi connectivity index (χ3n) is 2.62. The van der Waals surface area contributed by atoms with Gasteiger partial charge in [0.15, 0.2) is 6.61 Å². The van der Waals surface area contributed by atoms with Gasteiger partial charge in [-0.3, -0.25) is 4.79 Å². The van der Waals surface area contributed by atoms with Crippen molar-refractivity contribution in [1.82, 2.24) is 9.78 Å². The number of alkyl halides is 3. The fourth-order valence-corrected chi connectivity index (χ4v) is 1.59. The molecule has 1 aromatic heterocycles. The first-order valence-electron chi connectivity index (χ1n) is 5.90. The van der Waals surface area contributed by atoms with E-state index in [0.717, 1.165) is 10.9 Å². The van der Waals surface area contributed by atoms with E-state index >= 15 is 0 Å². The summed E-state index contributed by atoms with van der Waals surface area (Å²) in [6, 6.07) is 6.78. The molecule has 2 rings (SSSR count). The first-order chi connectivity index (χ1) is 10.3. The smallest absolute Gasteiger partial charge is 0.422 e. The molecule has 9 heteroatoms. The summed E-state index contributed by atoms with van der Waals surface area (Å²) in [5, 5.41) is 12.4. The highest BCUT2D eigenvalue weighted by atomic mass is 19.4. The summed E-state index contributed by atoms with van der Waals surface area (Å²) >= 11 is 0. The molecule has 6 nitrogen and oxygen atoms in total. The minimum absolute atomic E-state index is 0.0278. The lowest BCUT2D eigenvalue weighted by molar-refractivity contribution is -0.153. The number of rotatable bonds is 3. The predicted molar refractivity (Wildman–Crippen MR) is 69.1 cm³/mol. The molecule has 1 aromatic carbocycles. The zero-order chi connectivity index (χ0) is 16.3. The average molecular weight is 310 g/mol. The van der Waals surface area contributed by atoms with Gasteiger partial charge in [-0.05, 0) is 24.3 Å². The molecular formula is C13H9F3N4O2. The summed E-state index contributed by atoms with van der Waals surface area (Å²) in [4.78, 5) is 12.1. The van der Waals surface area contributed by atoms with Crippen LogP contribution in [0.1, 0.15) is 15.9 Å². The van der Waals surface area contributed by atoms with Gasteiger partial charge in [0.1, 0.15) is 23.2 Å². The zero-order valence-corrected chi connectivity index (χ0v) is 11.0. The number of nitrogen functional groups attached to an aromatic ring is 1. The minimum atomic E-state index is -4.44. The second kappa shape index (κ2) is 5.77. The molecular weight excluding hydrogens is 301 g/mol. The third kappa shape index (κ3) is 3.35. The van der Waals surface area contributed by atoms with Gasteiger partial charge in [-0.25, -0.2) is 0 Å². The molecule has 0 radical (unpaired) electrons. The maximum absolute atomic E-state index is 12.1. The van der Waals surface area contributed by atoms with Gasteiger partial charge < -0.3 is 10.5 Å². The van der Waals surface area contributed by atoms with Gasteiger partial charge in [0, 0.05) is 5.56 Å². The highest BCUT2D eigenvalue weighted by Crippen LogP contribution is 2.19. The second-order valence-corrected chi connectivity index (χ2v) is 4.20. The van der Waals surface area contributed by atoms with Crippen LogP contribution in [0.2, 0.25) is 0 Å². The fraction of sp³-hybridized carbons (Fsp3) is 0.154. The normalized spacial score (nSPS) is 11.0. The fourth-order valence-electron chi connectivity index (χ4n) is 1.59. The van der Waals surface area contributed by atoms with Crippen molar-refractivity contribution in [3.8, 4) is 11.8 Å². The molecule has 0 aliphatic rings. The average Bonchev–Trinajstić information content (AvgIpc) is 2.85. The number of halogens is 3. The van der Waals surface area contributed by atoms with Gasteiger partial charge in [-0.1, -0.05) is 0 Å². The van der Waals surface area contributed by atoms with Crippen LogP contribution in [0.5, 0.6) is 5.75 Å². The molecule has 114 valence electrons. The van der Waals surface area contributed by atoms with Crippen LogP contribution in [0.15, 0.2) is 30.5 Å². The summed E-state index contributed by atoms with van der Waals surface area (Å²) in [6.45, 7) is -1.42. The number of aromatic nitrogens is 2. The number of hydrogen-bond acceptors (Lipinski definition) is 5. The Morgan fingerprint density at radius 2 is 2.00 bits per heavy atom. The number of benzene rings is 1. The lowest BCUT2D eigenvalue weighted by atomic mass is 10.2. The topological polar surface area (TPSA) is 93.9 Å². The first kappa shape index (κ1) is 15.4. The van der Waals surface area contributed by atoms with Crippen LogP contribution in [-0.4, -0.2) is 28.5 Å². The Bertz CT molecular complexity index is 729. The molecule has 22 heavy (non-hydrogen) atoms. The molecule has 2 N–H and O–H groups in total. The van der Waals surface area contributed by atoms with Crippen LogP contribution < -0.4 is 10.5 Å². The Morgan fingerprint density at radius 3 is 2.50 bits per heavy atom. The molecule has 0 saturated carbocycles. The Labute approximate surface area is 122 Å². The van der Waals surface area contributed by atoms with Crippen LogP contribution in [0, 0.1) is 11.3 Å². The number of anilines is 1. The molecule has 0 aliphatic carbocycles. The predicted octanol–water partition coefficient (Wildman–Crippen LogP) is 1.97. The number of nitrogens with zero attached hydrogens (tertiary/aromatic N) is 3. The number of ether oxygens (including phenoxy) is 1. The summed E-state index contributed by atoms with van der Waals surface area (Å²) < 4.78 is 41.4. The molecule has 0 aliphatic heterocycles. The molecule has 0 amide bonds. The van der Waals surface area contributed by atoms with E-state index in [2.05, 4.69) is 9.84 Å². The van der Waals surface area contributed by atoms with Gasteiger partial charge >= 0.3 is 6.18 Å². The summed E-state index contributed by atoms with van der Waals surface area (Å²) in [6.07, 6.45) is -3.29. The zero-order valence-electron chi connectivity index (χ0n) is 11.0. The highest BCUT2D eigenvalue weighted by molar-refractivity contribution is 5.97. The third-order valence-corrected chi connectivity index (χ3v) is 2.62. The van der Waals surface area contributed by atoms with Crippen molar-refractivity contribution in [2.75, 3.05) is 12.3 Å². The molecule has 0 atom stereocenters. The van der Waals surface area contributed by atoms with Gasteiger partial charge in [0.2, 0.25) is 0 Å². The molecule has 0 unspecified atom stereocenters. The first-order valence-corrected chi connectivity index (χ1v) is 5.90. The van der Waals surface area contributed by atoms with Crippen LogP contribution in [-0.2, 0) is 0 Å². The molecule has 0 bridgehead atoms. The van der Waals surface area contributed by atoms with Crippen molar-refractivity contribution in [3.63, 3.8) is 0 Å². The van der Waals surface area contributed by atoms with Crippen molar-refractivity contribution in [2.24, 2.45) is 0 Å². The van der Waals surface area contributed by atoms with Crippen molar-refractivity contribution in [1.29, 1.82) is 5.26 Å². The van der Waals surface area contributed by atoms with Crippen molar-refractivity contribution in [3.05, 3.63) is 41.6 Å². The number of nitrogens with two attached hydrogens (primary N) is 1. The summed E-state index contributed by atoms with van der Waals surface area (Å²) in [5.41, 5.74) is 5.78. The van der Waals surface area contributed by atoms with E-state index in [1.54, 1.807) is 6.07 Å². The van der Waals surface area contributed by atoms with Crippen molar-refractivity contribution < 1.29 is 22.7 Å². The summed E-state index contributed by atoms with van der Waals surface area (Å²) in [7, 11) is 0. The standard InChI is InChI=1S/C13H9F3N4O2/c14-13(15,16)7-22-10-3-1-8(2-4-10)12(21)20-11(18)9(5-17)6-19-20/h1-4,6H,7,18H2. The Balaban J connectivity index is 2.15. The van der Waals surface area contributed by atoms with Crippen LogP contribution in [0.3, 0.4) is 0 Å². The molecule has 0 saturated heterocycles. The van der Waals surface area contributed by atoms with E-state index in [1.807, 2.05) is 0 Å². The minimum Gasteiger partial charge on any atom is -0.484 e. The monoisotopic (exact) mass is 310 g/mol. The number of nitriles is 1. The van der Waals surface area contributed by atoms with Crippen LogP contribution in [0.4, 0.5) is 19.0 Å². The molecule has 1 heterocycles. The number of carbonyl (C=O) groups excluding carboxylic acids is 1. The lowest BCUT2D eigenvalue weighted by Gasteiger charge is -2.09. The summed E-state index contributed by atoms with van der Waals surface area (Å²) in [5.74, 6) is -0.744. The molecule has 2 aromatic rings. The largest absolute Gasteiger partial charge is 0.484 e. The number of carbonyl (C=O) groups is 1. The van der Waals surface area contributed by atoms with E-state index in [9.17, 15) is 18.0 Å². The Kier molecular flexibility index (Phi) is 4.03. The van der Waals surface area contributed by atoms with E-state index in [1.165, 1.54) is 24.3 Å². The van der Waals surface area contributed by atoms with Gasteiger partial charge in [-0.15, -0.1) is 0 Å². The Hall–Kier alpha value is -3.02. The van der Waals surface area contributed by atoms with Gasteiger partial charge in [-0.2, -0.15) is 28.2 Å². The van der Waals surface area contributed by atoms with E-state index in [4.69, 9.17) is 11.0 Å². The van der Waals surface area contributed by atoms with Gasteiger partial charge in [0.25, 0.3) is 5.91 Å². The SMILES string of the molecule is N#Cc1cnn(C(=O)c2ccc(OCC(F)(F)F)cc2)c1N. The lowest BCUT2D eigenvalue weighted by Crippen LogP contribution is -2.19. The number of hydrogen-bond donors (Lipinski definition) is 1. The van der Waals surface area contributed by atoms with Crippen LogP contribution in [0.25, 0.3) is 0 Å². The van der Waals surface area contributed by atoms with E-state index in [0.29, 0.717) is 0 Å². The second-order valence-electron chi connectivity index (χ2n) is 4.20. The molecule has 0 fully saturated rings. The highest BCUT2D eigenvalue weighted by Gasteiger charge is 2.28. The van der Waals surface area contributed by atoms with E-state index < -0.39 is 18.7 Å². The quantitative estimate of drug-likeness (QED) is 0.935. The maximum Gasteiger partial charge on any atom is 0.422 e.